The molecule has 2 aromatic carbocycles. The largest absolute Gasteiger partial charge is 0.444 e. The highest BCUT2D eigenvalue weighted by molar-refractivity contribution is 5.95. The Hall–Kier alpha value is -5.51. The summed E-state index contributed by atoms with van der Waals surface area (Å²) >= 11 is 0. The highest BCUT2D eigenvalue weighted by Gasteiger charge is 2.51. The van der Waals surface area contributed by atoms with Gasteiger partial charge in [-0.15, -0.1) is 5.10 Å². The number of alkyl halides is 2. The quantitative estimate of drug-likeness (QED) is 0.256. The van der Waals surface area contributed by atoms with Gasteiger partial charge < -0.3 is 15.4 Å². The van der Waals surface area contributed by atoms with Gasteiger partial charge in [0.1, 0.15) is 22.9 Å². The van der Waals surface area contributed by atoms with E-state index < -0.39 is 42.7 Å². The molecule has 0 spiro atoms. The first-order valence-corrected chi connectivity index (χ1v) is 14.7. The van der Waals surface area contributed by atoms with Gasteiger partial charge in [0, 0.05) is 17.6 Å². The Bertz CT molecular complexity index is 2010. The zero-order valence-corrected chi connectivity index (χ0v) is 25.7. The van der Waals surface area contributed by atoms with Crippen molar-refractivity contribution in [2.45, 2.75) is 51.8 Å². The summed E-state index contributed by atoms with van der Waals surface area (Å²) in [6.45, 7) is 5.91. The number of aromatic nitrogens is 4. The predicted molar refractivity (Wildman–Crippen MR) is 167 cm³/mol. The van der Waals surface area contributed by atoms with Gasteiger partial charge in [-0.2, -0.15) is 10.2 Å². The lowest BCUT2D eigenvalue weighted by Crippen LogP contribution is -2.47. The Morgan fingerprint density at radius 2 is 1.85 bits per heavy atom. The van der Waals surface area contributed by atoms with E-state index in [2.05, 4.69) is 21.8 Å². The highest BCUT2D eigenvalue weighted by atomic mass is 19.3. The molecule has 1 saturated heterocycles. The lowest BCUT2D eigenvalue weighted by Gasteiger charge is -2.24. The molecule has 0 aliphatic carbocycles. The van der Waals surface area contributed by atoms with Gasteiger partial charge >= 0.3 is 6.09 Å². The van der Waals surface area contributed by atoms with Crippen molar-refractivity contribution in [3.8, 4) is 12.0 Å². The molecule has 2 N–H and O–H groups in total. The lowest BCUT2D eigenvalue weighted by molar-refractivity contribution is -0.0154. The van der Waals surface area contributed by atoms with E-state index in [1.54, 1.807) is 43.5 Å². The van der Waals surface area contributed by atoms with E-state index in [9.17, 15) is 14.9 Å². The van der Waals surface area contributed by atoms with E-state index in [1.807, 2.05) is 49.4 Å². The Morgan fingerprint density at radius 3 is 2.57 bits per heavy atom. The monoisotopic (exact) mass is 626 g/mol. The fraction of sp³-hybridized carbons (Fsp3) is 0.303. The Morgan fingerprint density at radius 1 is 1.09 bits per heavy atom. The number of aryl methyl sites for hydroxylation is 1. The fourth-order valence-corrected chi connectivity index (χ4v) is 5.52. The molecular formula is C33H32F2N8O3. The topological polar surface area (TPSA) is 130 Å². The number of anilines is 1. The number of hydrogen-bond donors (Lipinski definition) is 2. The van der Waals surface area contributed by atoms with Crippen LogP contribution in [0.4, 0.5) is 19.4 Å². The molecule has 0 saturated carbocycles. The summed E-state index contributed by atoms with van der Waals surface area (Å²) in [6.07, 6.45) is -0.877. The van der Waals surface area contributed by atoms with Gasteiger partial charge in [0.15, 0.2) is 5.82 Å². The molecule has 3 aromatic heterocycles. The molecule has 1 unspecified atom stereocenters. The van der Waals surface area contributed by atoms with Gasteiger partial charge in [0.2, 0.25) is 0 Å². The SMILES string of the molecule is Cc1cc2c(C#N)cccc2n1-c1nc(NCc2ccccc2)c2ccc(C(=O)NC3CN(C(=O)OC(C)(C)C)CC3(F)F)n2n1. The number of likely N-dealkylation sites (tertiary alicyclic amines) is 1. The maximum Gasteiger partial charge on any atom is 0.410 e. The molecule has 0 radical (unpaired) electrons. The Balaban J connectivity index is 1.38. The van der Waals surface area contributed by atoms with Crippen LogP contribution in [0.2, 0.25) is 0 Å². The minimum absolute atomic E-state index is 0.000224. The maximum atomic E-state index is 15.1. The second-order valence-corrected chi connectivity index (χ2v) is 12.2. The fourth-order valence-electron chi connectivity index (χ4n) is 5.52. The van der Waals surface area contributed by atoms with E-state index in [1.165, 1.54) is 10.6 Å². The second-order valence-electron chi connectivity index (χ2n) is 12.2. The summed E-state index contributed by atoms with van der Waals surface area (Å²) in [7, 11) is 0. The van der Waals surface area contributed by atoms with Crippen LogP contribution >= 0.6 is 0 Å². The van der Waals surface area contributed by atoms with Crippen molar-refractivity contribution >= 4 is 34.2 Å². The van der Waals surface area contributed by atoms with Crippen molar-refractivity contribution in [1.29, 1.82) is 5.26 Å². The molecule has 1 aliphatic heterocycles. The third-order valence-electron chi connectivity index (χ3n) is 7.66. The number of nitrogens with zero attached hydrogens (tertiary/aromatic N) is 6. The molecular weight excluding hydrogens is 594 g/mol. The average Bonchev–Trinajstić information content (AvgIpc) is 3.67. The normalized spacial score (nSPS) is 16.0. The van der Waals surface area contributed by atoms with Crippen LogP contribution in [0, 0.1) is 18.3 Å². The zero-order valence-electron chi connectivity index (χ0n) is 25.7. The first-order chi connectivity index (χ1) is 21.8. The van der Waals surface area contributed by atoms with Crippen molar-refractivity contribution < 1.29 is 23.1 Å². The molecule has 2 amide bonds. The molecule has 4 heterocycles. The van der Waals surface area contributed by atoms with Crippen molar-refractivity contribution in [3.63, 3.8) is 0 Å². The minimum atomic E-state index is -3.39. The van der Waals surface area contributed by atoms with E-state index in [4.69, 9.17) is 9.72 Å². The van der Waals surface area contributed by atoms with Gasteiger partial charge in [-0.1, -0.05) is 36.4 Å². The van der Waals surface area contributed by atoms with Crippen molar-refractivity contribution in [2.24, 2.45) is 0 Å². The van der Waals surface area contributed by atoms with E-state index >= 15 is 8.78 Å². The summed E-state index contributed by atoms with van der Waals surface area (Å²) in [5.74, 6) is -3.57. The van der Waals surface area contributed by atoms with Gasteiger partial charge in [-0.05, 0) is 63.6 Å². The molecule has 5 aromatic rings. The number of hydrogen-bond acceptors (Lipinski definition) is 7. The van der Waals surface area contributed by atoms with E-state index in [0.29, 0.717) is 34.3 Å². The number of benzene rings is 2. The molecule has 13 heteroatoms. The number of halogens is 2. The third-order valence-corrected chi connectivity index (χ3v) is 7.66. The third kappa shape index (κ3) is 5.81. The predicted octanol–water partition coefficient (Wildman–Crippen LogP) is 5.45. The summed E-state index contributed by atoms with van der Waals surface area (Å²) in [5.41, 5.74) is 2.51. The van der Waals surface area contributed by atoms with Crippen molar-refractivity contribution in [3.05, 3.63) is 89.2 Å². The number of carbonyl (C=O) groups is 2. The Labute approximate surface area is 263 Å². The van der Waals surface area contributed by atoms with Crippen LogP contribution in [0.25, 0.3) is 22.4 Å². The van der Waals surface area contributed by atoms with Crippen LogP contribution in [0.5, 0.6) is 0 Å². The van der Waals surface area contributed by atoms with Crippen LogP contribution < -0.4 is 10.6 Å². The van der Waals surface area contributed by atoms with E-state index in [0.717, 1.165) is 16.2 Å². The van der Waals surface area contributed by atoms with Crippen LogP contribution in [-0.4, -0.2) is 66.7 Å². The minimum Gasteiger partial charge on any atom is -0.444 e. The van der Waals surface area contributed by atoms with Gasteiger partial charge in [0.05, 0.1) is 30.2 Å². The maximum absolute atomic E-state index is 15.1. The number of nitrogens with one attached hydrogen (secondary N) is 2. The van der Waals surface area contributed by atoms with Gasteiger partial charge in [0.25, 0.3) is 17.8 Å². The average molecular weight is 627 g/mol. The summed E-state index contributed by atoms with van der Waals surface area (Å²) in [4.78, 5) is 31.8. The summed E-state index contributed by atoms with van der Waals surface area (Å²) in [6, 6.07) is 20.5. The van der Waals surface area contributed by atoms with Crippen LogP contribution in [0.3, 0.4) is 0 Å². The standard InChI is InChI=1S/C33H32F2N8O3/c1-20-15-23-22(16-36)11-8-12-24(23)42(20)30-39-28(37-17-21-9-6-5-7-10-21)25-13-14-26(43(25)40-30)29(44)38-27-18-41(19-33(27,34)35)31(45)46-32(2,3)4/h5-15,27H,17-19H2,1-4H3,(H,38,44)(H,37,39,40). The lowest BCUT2D eigenvalue weighted by atomic mass is 10.1. The number of fused-ring (bicyclic) bond motifs is 2. The number of nitriles is 1. The smallest absolute Gasteiger partial charge is 0.410 e. The molecule has 11 nitrogen and oxygen atoms in total. The molecule has 46 heavy (non-hydrogen) atoms. The van der Waals surface area contributed by atoms with Crippen molar-refractivity contribution in [1.82, 2.24) is 29.4 Å². The number of carbonyl (C=O) groups excluding carboxylic acids is 2. The molecule has 1 aliphatic rings. The van der Waals surface area contributed by atoms with Crippen LogP contribution in [0.1, 0.15) is 48.1 Å². The summed E-state index contributed by atoms with van der Waals surface area (Å²) in [5, 5.41) is 20.8. The first-order valence-electron chi connectivity index (χ1n) is 14.7. The van der Waals surface area contributed by atoms with Gasteiger partial charge in [-0.3, -0.25) is 14.3 Å². The van der Waals surface area contributed by atoms with Crippen molar-refractivity contribution in [2.75, 3.05) is 18.4 Å². The van der Waals surface area contributed by atoms with Crippen LogP contribution in [-0.2, 0) is 11.3 Å². The van der Waals surface area contributed by atoms with E-state index in [-0.39, 0.29) is 11.6 Å². The number of rotatable bonds is 6. The summed E-state index contributed by atoms with van der Waals surface area (Å²) < 4.78 is 38.5. The van der Waals surface area contributed by atoms with Crippen LogP contribution in [0.15, 0.2) is 66.7 Å². The highest BCUT2D eigenvalue weighted by Crippen LogP contribution is 2.30. The number of ether oxygens (including phenoxy) is 1. The molecule has 1 atom stereocenters. The van der Waals surface area contributed by atoms with Gasteiger partial charge in [-0.25, -0.2) is 18.1 Å². The first kappa shape index (κ1) is 30.5. The molecule has 1 fully saturated rings. The molecule has 6 rings (SSSR count). The molecule has 0 bridgehead atoms. The molecule has 236 valence electrons. The number of amides is 2. The zero-order chi connectivity index (χ0) is 32.8. The Kier molecular flexibility index (Phi) is 7.59. The second kappa shape index (κ2) is 11.4.